The van der Waals surface area contributed by atoms with Crippen molar-refractivity contribution in [1.82, 2.24) is 0 Å². The van der Waals surface area contributed by atoms with Crippen LogP contribution in [0.4, 0.5) is 0 Å². The molecule has 2 heteroatoms. The fourth-order valence-corrected chi connectivity index (χ4v) is 0.466. The zero-order valence-corrected chi connectivity index (χ0v) is 5.46. The van der Waals surface area contributed by atoms with Crippen LogP contribution in [-0.2, 0) is 0 Å². The Labute approximate surface area is 50.2 Å². The van der Waals surface area contributed by atoms with E-state index in [0.717, 1.165) is 12.8 Å². The number of hydrogen-bond donors (Lipinski definition) is 1. The van der Waals surface area contributed by atoms with Crippen LogP contribution >= 0.6 is 0 Å². The van der Waals surface area contributed by atoms with E-state index >= 15 is 0 Å². The van der Waals surface area contributed by atoms with Gasteiger partial charge in [-0.1, -0.05) is 13.8 Å². The van der Waals surface area contributed by atoms with E-state index in [-0.39, 0.29) is 0 Å². The first-order chi connectivity index (χ1) is 3.77. The summed E-state index contributed by atoms with van der Waals surface area (Å²) in [6.07, 6.45) is 3.51. The standard InChI is InChI=1S/C6H13NO/c1-6(2)4-3-5-7-8/h5-6,8H,3-4H2,1-2H3/b7-5+. The van der Waals surface area contributed by atoms with E-state index in [4.69, 9.17) is 5.21 Å². The monoisotopic (exact) mass is 115 g/mol. The van der Waals surface area contributed by atoms with Gasteiger partial charge in [0.25, 0.3) is 0 Å². The van der Waals surface area contributed by atoms with Gasteiger partial charge in [0.1, 0.15) is 0 Å². The van der Waals surface area contributed by atoms with Crippen LogP contribution in [0.5, 0.6) is 0 Å². The van der Waals surface area contributed by atoms with Crippen LogP contribution in [-0.4, -0.2) is 11.4 Å². The van der Waals surface area contributed by atoms with Gasteiger partial charge in [0.15, 0.2) is 0 Å². The quantitative estimate of drug-likeness (QED) is 0.340. The summed E-state index contributed by atoms with van der Waals surface area (Å²) in [5.41, 5.74) is 0. The Balaban J connectivity index is 2.93. The van der Waals surface area contributed by atoms with Crippen LogP contribution in [0.15, 0.2) is 5.16 Å². The third-order valence-electron chi connectivity index (χ3n) is 0.955. The Morgan fingerprint density at radius 2 is 2.25 bits per heavy atom. The second-order valence-corrected chi connectivity index (χ2v) is 2.27. The van der Waals surface area contributed by atoms with E-state index in [1.165, 1.54) is 6.21 Å². The van der Waals surface area contributed by atoms with Crippen LogP contribution in [0.25, 0.3) is 0 Å². The first-order valence-electron chi connectivity index (χ1n) is 2.93. The largest absolute Gasteiger partial charge is 0.411 e. The van der Waals surface area contributed by atoms with Crippen LogP contribution in [0.2, 0.25) is 0 Å². The number of oxime groups is 1. The molecule has 0 rings (SSSR count). The lowest BCUT2D eigenvalue weighted by atomic mass is 10.1. The zero-order chi connectivity index (χ0) is 6.41. The predicted molar refractivity (Wildman–Crippen MR) is 34.4 cm³/mol. The number of nitrogens with zero attached hydrogens (tertiary/aromatic N) is 1. The lowest BCUT2D eigenvalue weighted by Crippen LogP contribution is -1.86. The van der Waals surface area contributed by atoms with Gasteiger partial charge in [-0.2, -0.15) is 0 Å². The molecule has 0 heterocycles. The topological polar surface area (TPSA) is 32.6 Å². The van der Waals surface area contributed by atoms with E-state index < -0.39 is 0 Å². The highest BCUT2D eigenvalue weighted by atomic mass is 16.4. The van der Waals surface area contributed by atoms with Crippen molar-refractivity contribution < 1.29 is 5.21 Å². The van der Waals surface area contributed by atoms with Gasteiger partial charge in [-0.3, -0.25) is 0 Å². The summed E-state index contributed by atoms with van der Waals surface area (Å²) in [5.74, 6) is 0.702. The molecule has 0 aromatic heterocycles. The summed E-state index contributed by atoms with van der Waals surface area (Å²) >= 11 is 0. The molecule has 1 N–H and O–H groups in total. The summed E-state index contributed by atoms with van der Waals surface area (Å²) in [6.45, 7) is 4.29. The second kappa shape index (κ2) is 4.62. The molecule has 0 atom stereocenters. The molecule has 0 saturated carbocycles. The van der Waals surface area contributed by atoms with Gasteiger partial charge in [-0.05, 0) is 18.8 Å². The lowest BCUT2D eigenvalue weighted by Gasteiger charge is -1.96. The summed E-state index contributed by atoms with van der Waals surface area (Å²) in [7, 11) is 0. The molecule has 0 amide bonds. The van der Waals surface area contributed by atoms with Crippen molar-refractivity contribution in [3.63, 3.8) is 0 Å². The first-order valence-corrected chi connectivity index (χ1v) is 2.93. The second-order valence-electron chi connectivity index (χ2n) is 2.27. The van der Waals surface area contributed by atoms with Crippen LogP contribution < -0.4 is 0 Å². The highest BCUT2D eigenvalue weighted by Crippen LogP contribution is 2.00. The van der Waals surface area contributed by atoms with Gasteiger partial charge in [0, 0.05) is 6.21 Å². The van der Waals surface area contributed by atoms with Crippen LogP contribution in [0.3, 0.4) is 0 Å². The van der Waals surface area contributed by atoms with Crippen molar-refractivity contribution in [3.8, 4) is 0 Å². The molecule has 48 valence electrons. The van der Waals surface area contributed by atoms with Crippen molar-refractivity contribution in [3.05, 3.63) is 0 Å². The van der Waals surface area contributed by atoms with Crippen molar-refractivity contribution in [1.29, 1.82) is 0 Å². The zero-order valence-electron chi connectivity index (χ0n) is 5.46. The minimum absolute atomic E-state index is 0.702. The molecule has 2 nitrogen and oxygen atoms in total. The normalized spacial score (nSPS) is 11.4. The summed E-state index contributed by atoms with van der Waals surface area (Å²) in [6, 6.07) is 0. The molecule has 0 saturated heterocycles. The predicted octanol–water partition coefficient (Wildman–Crippen LogP) is 1.88. The van der Waals surface area contributed by atoms with E-state index in [9.17, 15) is 0 Å². The number of hydrogen-bond acceptors (Lipinski definition) is 2. The van der Waals surface area contributed by atoms with Crippen LogP contribution in [0.1, 0.15) is 26.7 Å². The maximum atomic E-state index is 7.95. The molecule has 0 aromatic rings. The Bertz CT molecular complexity index is 68.9. The summed E-state index contributed by atoms with van der Waals surface area (Å²) in [5, 5.41) is 10.8. The Kier molecular flexibility index (Phi) is 4.32. The van der Waals surface area contributed by atoms with Gasteiger partial charge in [0.05, 0.1) is 0 Å². The third kappa shape index (κ3) is 5.47. The Morgan fingerprint density at radius 1 is 1.62 bits per heavy atom. The van der Waals surface area contributed by atoms with Gasteiger partial charge in [0.2, 0.25) is 0 Å². The molecule has 0 radical (unpaired) electrons. The minimum atomic E-state index is 0.702. The van der Waals surface area contributed by atoms with Crippen LogP contribution in [0, 0.1) is 5.92 Å². The lowest BCUT2D eigenvalue weighted by molar-refractivity contribution is 0.320. The average molecular weight is 115 g/mol. The average Bonchev–Trinajstić information content (AvgIpc) is 1.66. The Morgan fingerprint density at radius 3 is 2.62 bits per heavy atom. The molecule has 0 unspecified atom stereocenters. The molecular weight excluding hydrogens is 102 g/mol. The molecule has 8 heavy (non-hydrogen) atoms. The fourth-order valence-electron chi connectivity index (χ4n) is 0.466. The van der Waals surface area contributed by atoms with Gasteiger partial charge < -0.3 is 5.21 Å². The van der Waals surface area contributed by atoms with Crippen molar-refractivity contribution >= 4 is 6.21 Å². The molecule has 0 aliphatic heterocycles. The van der Waals surface area contributed by atoms with E-state index in [1.807, 2.05) is 0 Å². The van der Waals surface area contributed by atoms with Crippen molar-refractivity contribution in [2.75, 3.05) is 0 Å². The highest BCUT2D eigenvalue weighted by molar-refractivity contribution is 5.55. The highest BCUT2D eigenvalue weighted by Gasteiger charge is 1.88. The molecular formula is C6H13NO. The van der Waals surface area contributed by atoms with E-state index in [1.54, 1.807) is 0 Å². The molecule has 0 fully saturated rings. The molecule has 0 aliphatic carbocycles. The molecule has 0 aromatic carbocycles. The summed E-state index contributed by atoms with van der Waals surface area (Å²) < 4.78 is 0. The fraction of sp³-hybridized carbons (Fsp3) is 0.833. The maximum Gasteiger partial charge on any atom is 0.0436 e. The molecule has 0 bridgehead atoms. The first kappa shape index (κ1) is 7.47. The van der Waals surface area contributed by atoms with Crippen molar-refractivity contribution in [2.45, 2.75) is 26.7 Å². The molecule has 0 spiro atoms. The van der Waals surface area contributed by atoms with Gasteiger partial charge in [-0.25, -0.2) is 0 Å². The van der Waals surface area contributed by atoms with E-state index in [2.05, 4.69) is 19.0 Å². The van der Waals surface area contributed by atoms with E-state index in [0.29, 0.717) is 5.92 Å². The minimum Gasteiger partial charge on any atom is -0.411 e. The van der Waals surface area contributed by atoms with Crippen molar-refractivity contribution in [2.24, 2.45) is 11.1 Å². The van der Waals surface area contributed by atoms with Gasteiger partial charge >= 0.3 is 0 Å². The smallest absolute Gasteiger partial charge is 0.0436 e. The summed E-state index contributed by atoms with van der Waals surface area (Å²) in [4.78, 5) is 0. The number of rotatable bonds is 3. The SMILES string of the molecule is CC(C)CC/C=N/O. The molecule has 0 aliphatic rings. The Hall–Kier alpha value is -0.530. The maximum absolute atomic E-state index is 7.95. The van der Waals surface area contributed by atoms with Gasteiger partial charge in [-0.15, -0.1) is 5.16 Å². The third-order valence-corrected chi connectivity index (χ3v) is 0.955.